The fourth-order valence-electron chi connectivity index (χ4n) is 3.04. The van der Waals surface area contributed by atoms with E-state index in [1.807, 2.05) is 43.3 Å². The lowest BCUT2D eigenvalue weighted by Gasteiger charge is -2.18. The summed E-state index contributed by atoms with van der Waals surface area (Å²) in [6.45, 7) is 2.47. The molecule has 0 spiro atoms. The van der Waals surface area contributed by atoms with Crippen LogP contribution in [0.15, 0.2) is 48.5 Å². The van der Waals surface area contributed by atoms with Gasteiger partial charge in [-0.2, -0.15) is 0 Å². The first-order chi connectivity index (χ1) is 13.9. The van der Waals surface area contributed by atoms with Gasteiger partial charge in [-0.05, 0) is 49.7 Å². The summed E-state index contributed by atoms with van der Waals surface area (Å²) >= 11 is 0. The summed E-state index contributed by atoms with van der Waals surface area (Å²) in [7, 11) is 1.56. The normalized spacial score (nSPS) is 13.3. The quantitative estimate of drug-likeness (QED) is 0.782. The zero-order valence-corrected chi connectivity index (χ0v) is 16.7. The summed E-state index contributed by atoms with van der Waals surface area (Å²) < 4.78 is 5.52. The Bertz CT molecular complexity index is 878. The van der Waals surface area contributed by atoms with Crippen molar-refractivity contribution in [3.63, 3.8) is 0 Å². The zero-order valence-electron chi connectivity index (χ0n) is 16.7. The topological polar surface area (TPSA) is 79.0 Å². The van der Waals surface area contributed by atoms with Gasteiger partial charge in [0.15, 0.2) is 6.61 Å². The van der Waals surface area contributed by atoms with Gasteiger partial charge < -0.3 is 19.9 Å². The SMILES string of the molecule is Cc1ccc(NC(=O)CN(C)C(=O)COc2ccc(N3CCCC3=O)cc2)cc1. The van der Waals surface area contributed by atoms with Crippen LogP contribution in [0.25, 0.3) is 0 Å². The van der Waals surface area contributed by atoms with E-state index in [2.05, 4.69) is 5.32 Å². The molecule has 7 nitrogen and oxygen atoms in total. The predicted molar refractivity (Wildman–Crippen MR) is 111 cm³/mol. The summed E-state index contributed by atoms with van der Waals surface area (Å²) in [6, 6.07) is 14.5. The Morgan fingerprint density at radius 1 is 1.10 bits per heavy atom. The van der Waals surface area contributed by atoms with Gasteiger partial charge in [0.25, 0.3) is 5.91 Å². The maximum Gasteiger partial charge on any atom is 0.260 e. The van der Waals surface area contributed by atoms with E-state index in [4.69, 9.17) is 4.74 Å². The van der Waals surface area contributed by atoms with Crippen molar-refractivity contribution < 1.29 is 19.1 Å². The van der Waals surface area contributed by atoms with Crippen LogP contribution >= 0.6 is 0 Å². The van der Waals surface area contributed by atoms with Crippen LogP contribution in [0.4, 0.5) is 11.4 Å². The van der Waals surface area contributed by atoms with Gasteiger partial charge in [-0.3, -0.25) is 14.4 Å². The molecule has 0 aliphatic carbocycles. The third-order valence-corrected chi connectivity index (χ3v) is 4.73. The summed E-state index contributed by atoms with van der Waals surface area (Å²) in [4.78, 5) is 39.2. The van der Waals surface area contributed by atoms with Gasteiger partial charge in [-0.25, -0.2) is 0 Å². The lowest BCUT2D eigenvalue weighted by atomic mass is 10.2. The van der Waals surface area contributed by atoms with E-state index in [0.717, 1.165) is 24.2 Å². The molecule has 0 radical (unpaired) electrons. The maximum atomic E-state index is 12.2. The molecule has 2 aromatic rings. The average Bonchev–Trinajstić information content (AvgIpc) is 3.14. The fraction of sp³-hybridized carbons (Fsp3) is 0.318. The van der Waals surface area contributed by atoms with E-state index >= 15 is 0 Å². The number of likely N-dealkylation sites (N-methyl/N-ethyl adjacent to an activating group) is 1. The second-order valence-electron chi connectivity index (χ2n) is 7.10. The Hall–Kier alpha value is -3.35. The van der Waals surface area contributed by atoms with Crippen LogP contribution < -0.4 is 15.0 Å². The molecule has 29 heavy (non-hydrogen) atoms. The molecule has 0 bridgehead atoms. The van der Waals surface area contributed by atoms with Gasteiger partial charge >= 0.3 is 0 Å². The zero-order chi connectivity index (χ0) is 20.8. The number of rotatable bonds is 7. The number of nitrogens with one attached hydrogen (secondary N) is 1. The third kappa shape index (κ3) is 5.57. The number of hydrogen-bond donors (Lipinski definition) is 1. The van der Waals surface area contributed by atoms with Crippen molar-refractivity contribution in [2.45, 2.75) is 19.8 Å². The van der Waals surface area contributed by atoms with Crippen molar-refractivity contribution in [2.24, 2.45) is 0 Å². The molecule has 3 rings (SSSR count). The Balaban J connectivity index is 1.45. The number of ether oxygens (including phenoxy) is 1. The largest absolute Gasteiger partial charge is 0.484 e. The summed E-state index contributed by atoms with van der Waals surface area (Å²) in [5.74, 6) is 0.0813. The van der Waals surface area contributed by atoms with Crippen LogP contribution in [-0.2, 0) is 14.4 Å². The molecule has 1 aliphatic rings. The van der Waals surface area contributed by atoms with Crippen molar-refractivity contribution in [1.82, 2.24) is 4.90 Å². The Morgan fingerprint density at radius 2 is 1.79 bits per heavy atom. The van der Waals surface area contributed by atoms with Gasteiger partial charge in [-0.15, -0.1) is 0 Å². The molecule has 1 aliphatic heterocycles. The van der Waals surface area contributed by atoms with E-state index in [0.29, 0.717) is 17.9 Å². The smallest absolute Gasteiger partial charge is 0.260 e. The molecular weight excluding hydrogens is 370 g/mol. The minimum Gasteiger partial charge on any atom is -0.484 e. The van der Waals surface area contributed by atoms with Crippen LogP contribution in [0.2, 0.25) is 0 Å². The molecule has 3 amide bonds. The van der Waals surface area contributed by atoms with E-state index in [1.165, 1.54) is 4.90 Å². The Morgan fingerprint density at radius 3 is 2.41 bits per heavy atom. The van der Waals surface area contributed by atoms with E-state index in [9.17, 15) is 14.4 Å². The summed E-state index contributed by atoms with van der Waals surface area (Å²) in [5.41, 5.74) is 2.62. The summed E-state index contributed by atoms with van der Waals surface area (Å²) in [6.07, 6.45) is 1.45. The summed E-state index contributed by atoms with van der Waals surface area (Å²) in [5, 5.41) is 2.76. The highest BCUT2D eigenvalue weighted by Gasteiger charge is 2.21. The highest BCUT2D eigenvalue weighted by Crippen LogP contribution is 2.23. The molecule has 1 saturated heterocycles. The maximum absolute atomic E-state index is 12.2. The number of benzene rings is 2. The molecule has 7 heteroatoms. The molecule has 0 unspecified atom stereocenters. The first-order valence-electron chi connectivity index (χ1n) is 9.56. The van der Waals surface area contributed by atoms with Crippen LogP contribution in [-0.4, -0.2) is 49.4 Å². The second kappa shape index (κ2) is 9.23. The van der Waals surface area contributed by atoms with Crippen LogP contribution in [0.1, 0.15) is 18.4 Å². The van der Waals surface area contributed by atoms with Crippen molar-refractivity contribution in [1.29, 1.82) is 0 Å². The number of aryl methyl sites for hydroxylation is 1. The minimum absolute atomic E-state index is 0.0634. The first-order valence-corrected chi connectivity index (χ1v) is 9.56. The van der Waals surface area contributed by atoms with E-state index in [1.54, 1.807) is 24.1 Å². The molecule has 1 fully saturated rings. The van der Waals surface area contributed by atoms with Gasteiger partial charge in [0.05, 0.1) is 6.54 Å². The van der Waals surface area contributed by atoms with Crippen molar-refractivity contribution in [3.8, 4) is 5.75 Å². The molecule has 152 valence electrons. The lowest BCUT2D eigenvalue weighted by Crippen LogP contribution is -2.37. The molecular formula is C22H25N3O4. The average molecular weight is 395 g/mol. The monoisotopic (exact) mass is 395 g/mol. The van der Waals surface area contributed by atoms with Crippen molar-refractivity contribution in [3.05, 3.63) is 54.1 Å². The lowest BCUT2D eigenvalue weighted by molar-refractivity contribution is -0.135. The van der Waals surface area contributed by atoms with Crippen molar-refractivity contribution in [2.75, 3.05) is 37.0 Å². The highest BCUT2D eigenvalue weighted by molar-refractivity contribution is 5.95. The number of nitrogens with zero attached hydrogens (tertiary/aromatic N) is 2. The van der Waals surface area contributed by atoms with E-state index in [-0.39, 0.29) is 30.9 Å². The van der Waals surface area contributed by atoms with Crippen LogP contribution in [0.5, 0.6) is 5.75 Å². The highest BCUT2D eigenvalue weighted by atomic mass is 16.5. The number of amides is 3. The van der Waals surface area contributed by atoms with Gasteiger partial charge in [0.1, 0.15) is 5.75 Å². The van der Waals surface area contributed by atoms with Crippen LogP contribution in [0, 0.1) is 6.92 Å². The molecule has 0 saturated carbocycles. The fourth-order valence-corrected chi connectivity index (χ4v) is 3.04. The molecule has 0 atom stereocenters. The van der Waals surface area contributed by atoms with E-state index < -0.39 is 0 Å². The first kappa shape index (κ1) is 20.4. The Labute approximate surface area is 170 Å². The number of anilines is 2. The standard InChI is InChI=1S/C22H25N3O4/c1-16-5-7-17(8-6-16)23-20(26)14-24(2)22(28)15-29-19-11-9-18(10-12-19)25-13-3-4-21(25)27/h5-12H,3-4,13-15H2,1-2H3,(H,23,26). The second-order valence-corrected chi connectivity index (χ2v) is 7.10. The number of hydrogen-bond acceptors (Lipinski definition) is 4. The Kier molecular flexibility index (Phi) is 6.49. The number of carbonyl (C=O) groups excluding carboxylic acids is 3. The predicted octanol–water partition coefficient (Wildman–Crippen LogP) is 2.60. The number of carbonyl (C=O) groups is 3. The van der Waals surface area contributed by atoms with Crippen LogP contribution in [0.3, 0.4) is 0 Å². The molecule has 2 aromatic carbocycles. The molecule has 0 aromatic heterocycles. The van der Waals surface area contributed by atoms with Gasteiger partial charge in [0, 0.05) is 31.4 Å². The van der Waals surface area contributed by atoms with Crippen molar-refractivity contribution >= 4 is 29.1 Å². The molecule has 1 heterocycles. The van der Waals surface area contributed by atoms with Gasteiger partial charge in [0.2, 0.25) is 11.8 Å². The minimum atomic E-state index is -0.303. The van der Waals surface area contributed by atoms with Gasteiger partial charge in [-0.1, -0.05) is 17.7 Å². The molecule has 1 N–H and O–H groups in total. The third-order valence-electron chi connectivity index (χ3n) is 4.73.